The Bertz CT molecular complexity index is 557. The Morgan fingerprint density at radius 1 is 1.53 bits per heavy atom. The molecule has 0 aromatic carbocycles. The molecule has 2 aromatic rings. The van der Waals surface area contributed by atoms with Crippen LogP contribution >= 0.6 is 11.3 Å². The predicted molar refractivity (Wildman–Crippen MR) is 74.7 cm³/mol. The van der Waals surface area contributed by atoms with Crippen LogP contribution in [-0.4, -0.2) is 33.7 Å². The number of methoxy groups -OCH3 is 1. The molecule has 2 N–H and O–H groups in total. The van der Waals surface area contributed by atoms with Gasteiger partial charge in [0, 0.05) is 24.7 Å². The lowest BCUT2D eigenvalue weighted by Crippen LogP contribution is -2.37. The maximum absolute atomic E-state index is 10.3. The van der Waals surface area contributed by atoms with E-state index >= 15 is 0 Å². The minimum absolute atomic E-state index is 0.522. The van der Waals surface area contributed by atoms with Gasteiger partial charge in [-0.15, -0.1) is 11.3 Å². The predicted octanol–water partition coefficient (Wildman–Crippen LogP) is 1.80. The molecule has 0 spiro atoms. The summed E-state index contributed by atoms with van der Waals surface area (Å²) in [6, 6.07) is 0. The summed E-state index contributed by atoms with van der Waals surface area (Å²) in [5.74, 6) is 0.665. The fraction of sp³-hybridized carbons (Fsp3) is 0.615. The first-order chi connectivity index (χ1) is 9.22. The average Bonchev–Trinajstić information content (AvgIpc) is 3.06. The Hall–Kier alpha value is -1.11. The highest BCUT2D eigenvalue weighted by Crippen LogP contribution is 2.29. The molecule has 0 atom stereocenters. The van der Waals surface area contributed by atoms with E-state index in [-0.39, 0.29) is 0 Å². The second-order valence-electron chi connectivity index (χ2n) is 5.16. The highest BCUT2D eigenvalue weighted by molar-refractivity contribution is 7.15. The molecule has 5 nitrogen and oxygen atoms in total. The zero-order chi connectivity index (χ0) is 13.3. The Morgan fingerprint density at radius 3 is 3.05 bits per heavy atom. The van der Waals surface area contributed by atoms with Crippen LogP contribution in [0.5, 0.6) is 5.88 Å². The van der Waals surface area contributed by atoms with Crippen LogP contribution in [0.15, 0.2) is 11.6 Å². The van der Waals surface area contributed by atoms with E-state index in [1.807, 2.05) is 16.0 Å². The summed E-state index contributed by atoms with van der Waals surface area (Å²) in [6.07, 6.45) is 6.05. The van der Waals surface area contributed by atoms with Crippen molar-refractivity contribution in [3.8, 4) is 5.88 Å². The zero-order valence-corrected chi connectivity index (χ0v) is 11.9. The van der Waals surface area contributed by atoms with Crippen molar-refractivity contribution in [3.05, 3.63) is 17.3 Å². The summed E-state index contributed by atoms with van der Waals surface area (Å²) in [5, 5.41) is 15.7. The van der Waals surface area contributed by atoms with Gasteiger partial charge in [0.15, 0.2) is 4.96 Å². The Labute approximate surface area is 116 Å². The van der Waals surface area contributed by atoms with Crippen LogP contribution < -0.4 is 10.1 Å². The number of thiazole rings is 1. The molecule has 0 radical (unpaired) electrons. The molecular formula is C13H19N3O2S. The van der Waals surface area contributed by atoms with Gasteiger partial charge >= 0.3 is 0 Å². The van der Waals surface area contributed by atoms with Crippen molar-refractivity contribution in [1.82, 2.24) is 14.7 Å². The van der Waals surface area contributed by atoms with Gasteiger partial charge in [-0.05, 0) is 12.8 Å². The standard InChI is InChI=1S/C13H19N3O2S/c1-18-11-10(16-6-7-19-12(16)15-11)8-14-9-13(17)4-2-3-5-13/h6-7,14,17H,2-5,8-9H2,1H3. The van der Waals surface area contributed by atoms with Gasteiger partial charge in [-0.3, -0.25) is 4.40 Å². The van der Waals surface area contributed by atoms with Crippen molar-refractivity contribution < 1.29 is 9.84 Å². The first kappa shape index (κ1) is 12.9. The molecule has 1 aliphatic carbocycles. The number of rotatable bonds is 5. The van der Waals surface area contributed by atoms with E-state index < -0.39 is 5.60 Å². The van der Waals surface area contributed by atoms with Gasteiger partial charge in [0.05, 0.1) is 12.7 Å². The minimum Gasteiger partial charge on any atom is -0.480 e. The largest absolute Gasteiger partial charge is 0.480 e. The summed E-state index contributed by atoms with van der Waals surface area (Å²) in [6.45, 7) is 1.29. The van der Waals surface area contributed by atoms with Crippen LogP contribution in [0.1, 0.15) is 31.4 Å². The lowest BCUT2D eigenvalue weighted by atomic mass is 10.0. The molecule has 0 bridgehead atoms. The molecule has 0 saturated heterocycles. The molecule has 1 aliphatic rings. The van der Waals surface area contributed by atoms with E-state index in [1.165, 1.54) is 0 Å². The van der Waals surface area contributed by atoms with Gasteiger partial charge < -0.3 is 15.2 Å². The lowest BCUT2D eigenvalue weighted by molar-refractivity contribution is 0.0473. The monoisotopic (exact) mass is 281 g/mol. The van der Waals surface area contributed by atoms with Gasteiger partial charge in [0.2, 0.25) is 5.88 Å². The number of fused-ring (bicyclic) bond motifs is 1. The van der Waals surface area contributed by atoms with Gasteiger partial charge in [-0.1, -0.05) is 12.8 Å². The lowest BCUT2D eigenvalue weighted by Gasteiger charge is -2.22. The van der Waals surface area contributed by atoms with Gasteiger partial charge in [0.25, 0.3) is 0 Å². The van der Waals surface area contributed by atoms with Crippen LogP contribution in [-0.2, 0) is 6.54 Å². The maximum Gasteiger partial charge on any atom is 0.237 e. The smallest absolute Gasteiger partial charge is 0.237 e. The van der Waals surface area contributed by atoms with Crippen molar-refractivity contribution in [2.24, 2.45) is 0 Å². The van der Waals surface area contributed by atoms with E-state index in [4.69, 9.17) is 4.74 Å². The Morgan fingerprint density at radius 2 is 2.32 bits per heavy atom. The number of aliphatic hydroxyl groups is 1. The van der Waals surface area contributed by atoms with E-state index in [0.717, 1.165) is 36.3 Å². The van der Waals surface area contributed by atoms with Gasteiger partial charge in [0.1, 0.15) is 5.69 Å². The molecule has 0 amide bonds. The van der Waals surface area contributed by atoms with E-state index in [2.05, 4.69) is 10.3 Å². The Balaban J connectivity index is 1.69. The van der Waals surface area contributed by atoms with Gasteiger partial charge in [-0.25, -0.2) is 0 Å². The van der Waals surface area contributed by atoms with Crippen molar-refractivity contribution in [2.75, 3.05) is 13.7 Å². The summed E-state index contributed by atoms with van der Waals surface area (Å²) >= 11 is 1.59. The summed E-state index contributed by atoms with van der Waals surface area (Å²) in [7, 11) is 1.64. The van der Waals surface area contributed by atoms with E-state index in [1.54, 1.807) is 18.4 Å². The number of ether oxygens (including phenoxy) is 1. The second kappa shape index (κ2) is 5.11. The summed E-state index contributed by atoms with van der Waals surface area (Å²) in [4.78, 5) is 5.35. The highest BCUT2D eigenvalue weighted by atomic mass is 32.1. The van der Waals surface area contributed by atoms with Crippen LogP contribution in [0.3, 0.4) is 0 Å². The third kappa shape index (κ3) is 2.48. The number of nitrogens with zero attached hydrogens (tertiary/aromatic N) is 2. The van der Waals surface area contributed by atoms with Gasteiger partial charge in [-0.2, -0.15) is 4.98 Å². The van der Waals surface area contributed by atoms with Crippen LogP contribution in [0.25, 0.3) is 4.96 Å². The molecule has 0 unspecified atom stereocenters. The maximum atomic E-state index is 10.3. The number of hydrogen-bond donors (Lipinski definition) is 2. The number of imidazole rings is 1. The molecule has 6 heteroatoms. The second-order valence-corrected chi connectivity index (χ2v) is 6.03. The SMILES string of the molecule is COc1nc2sccn2c1CNCC1(O)CCCC1. The van der Waals surface area contributed by atoms with Crippen molar-refractivity contribution in [3.63, 3.8) is 0 Å². The fourth-order valence-electron chi connectivity index (χ4n) is 2.76. The average molecular weight is 281 g/mol. The quantitative estimate of drug-likeness (QED) is 0.877. The van der Waals surface area contributed by atoms with Crippen molar-refractivity contribution in [1.29, 1.82) is 0 Å². The number of aromatic nitrogens is 2. The Kier molecular flexibility index (Phi) is 3.47. The van der Waals surface area contributed by atoms with Crippen LogP contribution in [0.4, 0.5) is 0 Å². The first-order valence-electron chi connectivity index (χ1n) is 6.63. The summed E-state index contributed by atoms with van der Waals surface area (Å²) < 4.78 is 7.35. The third-order valence-corrected chi connectivity index (χ3v) is 4.56. The molecule has 3 rings (SSSR count). The molecular weight excluding hydrogens is 262 g/mol. The highest BCUT2D eigenvalue weighted by Gasteiger charge is 2.30. The molecule has 2 heterocycles. The topological polar surface area (TPSA) is 58.8 Å². The van der Waals surface area contributed by atoms with Crippen molar-refractivity contribution >= 4 is 16.3 Å². The first-order valence-corrected chi connectivity index (χ1v) is 7.51. The van der Waals surface area contributed by atoms with Crippen molar-refractivity contribution in [2.45, 2.75) is 37.8 Å². The zero-order valence-electron chi connectivity index (χ0n) is 11.1. The van der Waals surface area contributed by atoms with E-state index in [0.29, 0.717) is 19.0 Å². The summed E-state index contributed by atoms with van der Waals surface area (Å²) in [5.41, 5.74) is 0.492. The van der Waals surface area contributed by atoms with E-state index in [9.17, 15) is 5.11 Å². The molecule has 0 aliphatic heterocycles. The van der Waals surface area contributed by atoms with Crippen LogP contribution in [0, 0.1) is 0 Å². The molecule has 2 aromatic heterocycles. The molecule has 1 saturated carbocycles. The molecule has 19 heavy (non-hydrogen) atoms. The fourth-order valence-corrected chi connectivity index (χ4v) is 3.49. The molecule has 104 valence electrons. The third-order valence-electron chi connectivity index (χ3n) is 3.80. The number of nitrogens with one attached hydrogen (secondary N) is 1. The molecule has 1 fully saturated rings. The van der Waals surface area contributed by atoms with Crippen LogP contribution in [0.2, 0.25) is 0 Å². The normalized spacial score (nSPS) is 18.2. The number of hydrogen-bond acceptors (Lipinski definition) is 5. The minimum atomic E-state index is -0.522.